The molecule has 1 aliphatic carbocycles. The van der Waals surface area contributed by atoms with Crippen LogP contribution in [0.25, 0.3) is 11.0 Å². The van der Waals surface area contributed by atoms with Crippen LogP contribution in [0.2, 0.25) is 0 Å². The zero-order valence-corrected chi connectivity index (χ0v) is 18.6. The van der Waals surface area contributed by atoms with Crippen LogP contribution in [-0.2, 0) is 11.2 Å². The molecule has 164 valence electrons. The number of carbonyl (C=O) groups excluding carboxylic acids is 1. The molecule has 1 aromatic heterocycles. The molecule has 1 fully saturated rings. The average Bonchev–Trinajstić information content (AvgIpc) is 3.33. The van der Waals surface area contributed by atoms with Crippen LogP contribution in [-0.4, -0.2) is 32.6 Å². The molecule has 1 amide bonds. The highest BCUT2D eigenvalue weighted by Crippen LogP contribution is 2.31. The molecular formula is C24H35N3O3. The summed E-state index contributed by atoms with van der Waals surface area (Å²) in [6.07, 6.45) is 7.54. The van der Waals surface area contributed by atoms with Crippen LogP contribution in [0.4, 0.5) is 0 Å². The highest BCUT2D eigenvalue weighted by Gasteiger charge is 2.24. The van der Waals surface area contributed by atoms with Gasteiger partial charge >= 0.3 is 5.97 Å². The fourth-order valence-corrected chi connectivity index (χ4v) is 4.52. The number of hydrogen-bond donors (Lipinski definition) is 2. The maximum Gasteiger partial charge on any atom is 0.326 e. The van der Waals surface area contributed by atoms with E-state index in [1.165, 1.54) is 25.7 Å². The third-order valence-corrected chi connectivity index (χ3v) is 6.31. The van der Waals surface area contributed by atoms with E-state index in [1.807, 2.05) is 19.9 Å². The molecule has 1 saturated carbocycles. The van der Waals surface area contributed by atoms with Crippen molar-refractivity contribution in [1.82, 2.24) is 14.9 Å². The monoisotopic (exact) mass is 413 g/mol. The van der Waals surface area contributed by atoms with Crippen LogP contribution in [0.5, 0.6) is 0 Å². The smallest absolute Gasteiger partial charge is 0.326 e. The second-order valence-corrected chi connectivity index (χ2v) is 9.21. The van der Waals surface area contributed by atoms with Crippen LogP contribution in [0, 0.1) is 11.8 Å². The van der Waals surface area contributed by atoms with Gasteiger partial charge in [0.2, 0.25) is 0 Å². The number of nitrogens with zero attached hydrogens (tertiary/aromatic N) is 2. The first-order valence-corrected chi connectivity index (χ1v) is 11.3. The van der Waals surface area contributed by atoms with Crippen molar-refractivity contribution in [2.24, 2.45) is 11.8 Å². The van der Waals surface area contributed by atoms with Crippen LogP contribution < -0.4 is 5.32 Å². The van der Waals surface area contributed by atoms with E-state index in [-0.39, 0.29) is 11.8 Å². The highest BCUT2D eigenvalue weighted by atomic mass is 16.4. The summed E-state index contributed by atoms with van der Waals surface area (Å²) in [4.78, 5) is 29.2. The molecule has 1 unspecified atom stereocenters. The van der Waals surface area contributed by atoms with E-state index in [0.717, 1.165) is 29.7 Å². The van der Waals surface area contributed by atoms with E-state index >= 15 is 0 Å². The van der Waals surface area contributed by atoms with Gasteiger partial charge < -0.3 is 15.0 Å². The van der Waals surface area contributed by atoms with Crippen molar-refractivity contribution in [1.29, 1.82) is 0 Å². The Labute approximate surface area is 179 Å². The fourth-order valence-electron chi connectivity index (χ4n) is 4.52. The largest absolute Gasteiger partial charge is 0.480 e. The minimum absolute atomic E-state index is 0.179. The van der Waals surface area contributed by atoms with Crippen molar-refractivity contribution >= 4 is 22.9 Å². The van der Waals surface area contributed by atoms with Crippen molar-refractivity contribution in [3.05, 3.63) is 29.6 Å². The summed E-state index contributed by atoms with van der Waals surface area (Å²) in [7, 11) is 0. The van der Waals surface area contributed by atoms with E-state index in [1.54, 1.807) is 12.1 Å². The Bertz CT molecular complexity index is 896. The molecule has 30 heavy (non-hydrogen) atoms. The number of aliphatic carboxylic acids is 1. The van der Waals surface area contributed by atoms with Gasteiger partial charge in [-0.3, -0.25) is 4.79 Å². The number of imidazole rings is 1. The molecule has 6 nitrogen and oxygen atoms in total. The molecule has 0 bridgehead atoms. The second-order valence-electron chi connectivity index (χ2n) is 9.21. The second kappa shape index (κ2) is 9.63. The van der Waals surface area contributed by atoms with Gasteiger partial charge in [-0.25, -0.2) is 9.78 Å². The lowest BCUT2D eigenvalue weighted by Gasteiger charge is -2.18. The van der Waals surface area contributed by atoms with Crippen LogP contribution in [0.15, 0.2) is 18.2 Å². The predicted molar refractivity (Wildman–Crippen MR) is 119 cm³/mol. The zero-order valence-electron chi connectivity index (χ0n) is 18.6. The Morgan fingerprint density at radius 1 is 1.23 bits per heavy atom. The minimum Gasteiger partial charge on any atom is -0.480 e. The topological polar surface area (TPSA) is 84.2 Å². The summed E-state index contributed by atoms with van der Waals surface area (Å²) in [5.74, 6) is 0.614. The zero-order chi connectivity index (χ0) is 21.8. The summed E-state index contributed by atoms with van der Waals surface area (Å²) >= 11 is 0. The summed E-state index contributed by atoms with van der Waals surface area (Å²) in [5, 5.41) is 12.1. The number of amides is 1. The molecule has 0 saturated heterocycles. The van der Waals surface area contributed by atoms with Gasteiger partial charge in [-0.2, -0.15) is 0 Å². The molecule has 2 aromatic rings. The first-order valence-electron chi connectivity index (χ1n) is 11.3. The normalized spacial score (nSPS) is 16.8. The summed E-state index contributed by atoms with van der Waals surface area (Å²) in [6, 6.07) is 5.00. The van der Waals surface area contributed by atoms with E-state index < -0.39 is 12.0 Å². The van der Waals surface area contributed by atoms with Gasteiger partial charge in [0.25, 0.3) is 5.91 Å². The summed E-state index contributed by atoms with van der Waals surface area (Å²) in [6.45, 7) is 8.28. The maximum absolute atomic E-state index is 12.7. The summed E-state index contributed by atoms with van der Waals surface area (Å²) < 4.78 is 2.33. The molecule has 3 rings (SSSR count). The van der Waals surface area contributed by atoms with Gasteiger partial charge in [-0.15, -0.1) is 0 Å². The quantitative estimate of drug-likeness (QED) is 0.608. The third-order valence-electron chi connectivity index (χ3n) is 6.31. The van der Waals surface area contributed by atoms with Gasteiger partial charge in [0.15, 0.2) is 0 Å². The highest BCUT2D eigenvalue weighted by molar-refractivity contribution is 5.99. The standard InChI is InChI=1S/C24H35N3O3/c1-5-16(4)27-21-11-10-18(23(28)26-20(24(29)30)12-15(2)3)14-19(21)25-22(27)13-17-8-6-7-9-17/h10-11,14-17,20H,5-9,12-13H2,1-4H3,(H,26,28)(H,29,30)/t16?,20-/m0/s1. The molecule has 1 aliphatic rings. The molecule has 1 aromatic carbocycles. The number of fused-ring (bicyclic) bond motifs is 1. The minimum atomic E-state index is -1.00. The van der Waals surface area contributed by atoms with Crippen molar-refractivity contribution in [3.8, 4) is 0 Å². The molecular weight excluding hydrogens is 378 g/mol. The molecule has 6 heteroatoms. The Hall–Kier alpha value is -2.37. The predicted octanol–water partition coefficient (Wildman–Crippen LogP) is 4.97. The third kappa shape index (κ3) is 5.02. The Morgan fingerprint density at radius 3 is 2.53 bits per heavy atom. The van der Waals surface area contributed by atoms with Crippen LogP contribution >= 0.6 is 0 Å². The van der Waals surface area contributed by atoms with Crippen LogP contribution in [0.3, 0.4) is 0 Å². The fraction of sp³-hybridized carbons (Fsp3) is 0.625. The molecule has 0 aliphatic heterocycles. The van der Waals surface area contributed by atoms with Crippen LogP contribution in [0.1, 0.15) is 88.4 Å². The maximum atomic E-state index is 12.7. The lowest BCUT2D eigenvalue weighted by Crippen LogP contribution is -2.41. The number of hydrogen-bond acceptors (Lipinski definition) is 3. The lowest BCUT2D eigenvalue weighted by atomic mass is 10.0. The Morgan fingerprint density at radius 2 is 1.93 bits per heavy atom. The average molecular weight is 414 g/mol. The Kier molecular flexibility index (Phi) is 7.16. The number of rotatable bonds is 9. The van der Waals surface area contributed by atoms with Gasteiger partial charge in [-0.1, -0.05) is 46.5 Å². The van der Waals surface area contributed by atoms with Gasteiger partial charge in [0.1, 0.15) is 11.9 Å². The number of carboxylic acids is 1. The lowest BCUT2D eigenvalue weighted by molar-refractivity contribution is -0.139. The molecule has 1 heterocycles. The van der Waals surface area contributed by atoms with Gasteiger partial charge in [0.05, 0.1) is 11.0 Å². The van der Waals surface area contributed by atoms with Crippen molar-refractivity contribution in [2.45, 2.75) is 84.7 Å². The summed E-state index contributed by atoms with van der Waals surface area (Å²) in [5.41, 5.74) is 2.32. The number of nitrogens with one attached hydrogen (secondary N) is 1. The molecule has 2 atom stereocenters. The number of benzene rings is 1. The first kappa shape index (κ1) is 22.3. The van der Waals surface area contributed by atoms with E-state index in [0.29, 0.717) is 23.9 Å². The number of aromatic nitrogens is 2. The molecule has 0 radical (unpaired) electrons. The number of carbonyl (C=O) groups is 2. The van der Waals surface area contributed by atoms with E-state index in [9.17, 15) is 14.7 Å². The van der Waals surface area contributed by atoms with E-state index in [2.05, 4.69) is 23.7 Å². The van der Waals surface area contributed by atoms with E-state index in [4.69, 9.17) is 4.98 Å². The van der Waals surface area contributed by atoms with Gasteiger partial charge in [-0.05, 0) is 49.8 Å². The van der Waals surface area contributed by atoms with Gasteiger partial charge in [0, 0.05) is 18.0 Å². The molecule has 2 N–H and O–H groups in total. The first-order chi connectivity index (χ1) is 14.3. The Balaban J connectivity index is 1.89. The van der Waals surface area contributed by atoms with Crippen molar-refractivity contribution in [2.75, 3.05) is 0 Å². The number of carboxylic acid groups (broad SMARTS) is 1. The molecule has 0 spiro atoms. The SMILES string of the molecule is CCC(C)n1c(CC2CCCC2)nc2cc(C(=O)N[C@@H](CC(C)C)C(=O)O)ccc21. The van der Waals surface area contributed by atoms with Crippen molar-refractivity contribution in [3.63, 3.8) is 0 Å². The van der Waals surface area contributed by atoms with Crippen molar-refractivity contribution < 1.29 is 14.7 Å².